The van der Waals surface area contributed by atoms with Crippen LogP contribution in [0.25, 0.3) is 0 Å². The van der Waals surface area contributed by atoms with Gasteiger partial charge >= 0.3 is 0 Å². The average molecular weight is 392 g/mol. The molecule has 1 unspecified atom stereocenters. The zero-order chi connectivity index (χ0) is 20.5. The minimum Gasteiger partial charge on any atom is -0.398 e. The van der Waals surface area contributed by atoms with E-state index in [0.29, 0.717) is 31.6 Å². The van der Waals surface area contributed by atoms with E-state index in [9.17, 15) is 14.4 Å². The van der Waals surface area contributed by atoms with Crippen molar-refractivity contribution in [2.45, 2.75) is 38.5 Å². The third kappa shape index (κ3) is 3.73. The summed E-state index contributed by atoms with van der Waals surface area (Å²) in [5.74, 6) is -0.815. The van der Waals surface area contributed by atoms with Crippen molar-refractivity contribution in [1.29, 1.82) is 0 Å². The number of amides is 3. The van der Waals surface area contributed by atoms with Gasteiger partial charge in [-0.05, 0) is 42.3 Å². The number of piperidine rings is 1. The lowest BCUT2D eigenvalue weighted by Crippen LogP contribution is -2.52. The molecule has 2 aliphatic rings. The number of nitrogens with zero attached hydrogens (tertiary/aromatic N) is 2. The molecule has 2 heterocycles. The Morgan fingerprint density at radius 2 is 1.79 bits per heavy atom. The molecule has 150 valence electrons. The molecule has 2 aromatic carbocycles. The molecule has 3 amide bonds. The van der Waals surface area contributed by atoms with Crippen LogP contribution in [-0.2, 0) is 29.2 Å². The Morgan fingerprint density at radius 1 is 1.07 bits per heavy atom. The summed E-state index contributed by atoms with van der Waals surface area (Å²) in [6.07, 6.45) is 0.623. The Balaban J connectivity index is 1.52. The zero-order valence-corrected chi connectivity index (χ0v) is 16.4. The van der Waals surface area contributed by atoms with Crippen LogP contribution in [0, 0.1) is 0 Å². The van der Waals surface area contributed by atoms with E-state index in [2.05, 4.69) is 10.2 Å². The lowest BCUT2D eigenvalue weighted by molar-refractivity contribution is -0.136. The van der Waals surface area contributed by atoms with Gasteiger partial charge in [0.2, 0.25) is 11.8 Å². The Morgan fingerprint density at radius 3 is 2.55 bits per heavy atom. The van der Waals surface area contributed by atoms with Gasteiger partial charge in [-0.1, -0.05) is 30.3 Å². The van der Waals surface area contributed by atoms with Crippen LogP contribution in [0.15, 0.2) is 42.5 Å². The highest BCUT2D eigenvalue weighted by Gasteiger charge is 2.39. The van der Waals surface area contributed by atoms with Gasteiger partial charge in [0, 0.05) is 37.3 Å². The van der Waals surface area contributed by atoms with Crippen molar-refractivity contribution in [2.75, 3.05) is 12.8 Å². The van der Waals surface area contributed by atoms with Crippen LogP contribution in [0.1, 0.15) is 39.9 Å². The van der Waals surface area contributed by atoms with Gasteiger partial charge in [-0.3, -0.25) is 24.6 Å². The Bertz CT molecular complexity index is 988. The normalized spacial score (nSPS) is 18.9. The van der Waals surface area contributed by atoms with Crippen molar-refractivity contribution in [1.82, 2.24) is 15.1 Å². The number of nitrogens with one attached hydrogen (secondary N) is 1. The van der Waals surface area contributed by atoms with Gasteiger partial charge in [0.15, 0.2) is 0 Å². The molecule has 29 heavy (non-hydrogen) atoms. The largest absolute Gasteiger partial charge is 0.398 e. The summed E-state index contributed by atoms with van der Waals surface area (Å²) < 4.78 is 0. The molecule has 0 bridgehead atoms. The van der Waals surface area contributed by atoms with E-state index in [0.717, 1.165) is 22.4 Å². The van der Waals surface area contributed by atoms with Gasteiger partial charge in [0.1, 0.15) is 6.04 Å². The maximum atomic E-state index is 12.9. The molecule has 2 aromatic rings. The van der Waals surface area contributed by atoms with Gasteiger partial charge in [0.25, 0.3) is 5.91 Å². The summed E-state index contributed by atoms with van der Waals surface area (Å²) in [4.78, 5) is 40.3. The SMILES string of the molecule is CN(Cc1ccccc1N)Cc1cccc2c1CN(C1CCC(=O)NC1=O)C2=O. The number of nitrogens with two attached hydrogens (primary N) is 1. The summed E-state index contributed by atoms with van der Waals surface area (Å²) in [6.45, 7) is 1.74. The molecule has 7 heteroatoms. The minimum atomic E-state index is -0.595. The number of benzene rings is 2. The van der Waals surface area contributed by atoms with Crippen molar-refractivity contribution >= 4 is 23.4 Å². The fourth-order valence-corrected chi connectivity index (χ4v) is 4.11. The fraction of sp³-hybridized carbons (Fsp3) is 0.318. The van der Waals surface area contributed by atoms with Crippen molar-refractivity contribution in [3.05, 3.63) is 64.7 Å². The first-order valence-corrected chi connectivity index (χ1v) is 9.71. The van der Waals surface area contributed by atoms with Crippen LogP contribution >= 0.6 is 0 Å². The smallest absolute Gasteiger partial charge is 0.255 e. The molecular formula is C22H24N4O3. The Kier molecular flexibility index (Phi) is 5.07. The molecule has 0 aromatic heterocycles. The van der Waals surface area contributed by atoms with E-state index in [1.54, 1.807) is 4.90 Å². The maximum Gasteiger partial charge on any atom is 0.255 e. The number of hydrogen-bond donors (Lipinski definition) is 2. The van der Waals surface area contributed by atoms with Crippen LogP contribution in [0.5, 0.6) is 0 Å². The van der Waals surface area contributed by atoms with E-state index in [1.807, 2.05) is 49.5 Å². The van der Waals surface area contributed by atoms with Crippen LogP contribution < -0.4 is 11.1 Å². The van der Waals surface area contributed by atoms with Gasteiger partial charge in [-0.15, -0.1) is 0 Å². The number of carbonyl (C=O) groups excluding carboxylic acids is 3. The molecule has 1 fully saturated rings. The zero-order valence-electron chi connectivity index (χ0n) is 16.4. The topological polar surface area (TPSA) is 95.7 Å². The predicted molar refractivity (Wildman–Crippen MR) is 109 cm³/mol. The minimum absolute atomic E-state index is 0.147. The standard InChI is InChI=1S/C22H24N4O3/c1-25(12-15-5-2-3-8-18(15)23)11-14-6-4-7-16-17(14)13-26(22(16)29)19-9-10-20(27)24-21(19)28/h2-8,19H,9-13,23H2,1H3,(H,24,27,28). The van der Waals surface area contributed by atoms with E-state index >= 15 is 0 Å². The summed E-state index contributed by atoms with van der Waals surface area (Å²) in [6, 6.07) is 12.9. The average Bonchev–Trinajstić information content (AvgIpc) is 3.01. The number of para-hydroxylation sites is 1. The van der Waals surface area contributed by atoms with Crippen LogP contribution in [0.2, 0.25) is 0 Å². The number of imide groups is 1. The number of anilines is 1. The molecule has 0 spiro atoms. The lowest BCUT2D eigenvalue weighted by Gasteiger charge is -2.29. The van der Waals surface area contributed by atoms with Crippen LogP contribution in [-0.4, -0.2) is 40.6 Å². The molecular weight excluding hydrogens is 368 g/mol. The monoisotopic (exact) mass is 392 g/mol. The summed E-state index contributed by atoms with van der Waals surface area (Å²) >= 11 is 0. The van der Waals surface area contributed by atoms with Gasteiger partial charge < -0.3 is 10.6 Å². The highest BCUT2D eigenvalue weighted by atomic mass is 16.2. The second-order valence-electron chi connectivity index (χ2n) is 7.71. The van der Waals surface area contributed by atoms with E-state index in [4.69, 9.17) is 5.73 Å². The van der Waals surface area contributed by atoms with Crippen molar-refractivity contribution < 1.29 is 14.4 Å². The third-order valence-electron chi connectivity index (χ3n) is 5.61. The van der Waals surface area contributed by atoms with Gasteiger partial charge in [-0.2, -0.15) is 0 Å². The second kappa shape index (κ2) is 7.67. The highest BCUT2D eigenvalue weighted by Crippen LogP contribution is 2.30. The number of hydrogen-bond acceptors (Lipinski definition) is 5. The lowest BCUT2D eigenvalue weighted by atomic mass is 10.0. The Labute approximate surface area is 169 Å². The van der Waals surface area contributed by atoms with Gasteiger partial charge in [-0.25, -0.2) is 0 Å². The molecule has 0 aliphatic carbocycles. The van der Waals surface area contributed by atoms with E-state index in [1.165, 1.54) is 0 Å². The van der Waals surface area contributed by atoms with Gasteiger partial charge in [0.05, 0.1) is 0 Å². The molecule has 7 nitrogen and oxygen atoms in total. The second-order valence-corrected chi connectivity index (χ2v) is 7.71. The first-order chi connectivity index (χ1) is 13.9. The summed E-state index contributed by atoms with van der Waals surface area (Å²) in [5, 5.41) is 2.34. The van der Waals surface area contributed by atoms with Crippen LogP contribution in [0.4, 0.5) is 5.69 Å². The summed E-state index contributed by atoms with van der Waals surface area (Å²) in [5.41, 5.74) is 10.5. The quantitative estimate of drug-likeness (QED) is 0.596. The molecule has 0 radical (unpaired) electrons. The molecule has 2 aliphatic heterocycles. The van der Waals surface area contributed by atoms with E-state index < -0.39 is 6.04 Å². The molecule has 1 atom stereocenters. The fourth-order valence-electron chi connectivity index (χ4n) is 4.11. The molecule has 0 saturated carbocycles. The molecule has 3 N–H and O–H groups in total. The Hall–Kier alpha value is -3.19. The number of nitrogen functional groups attached to an aromatic ring is 1. The first kappa shape index (κ1) is 19.1. The maximum absolute atomic E-state index is 12.9. The summed E-state index contributed by atoms with van der Waals surface area (Å²) in [7, 11) is 2.01. The predicted octanol–water partition coefficient (Wildman–Crippen LogP) is 1.66. The molecule has 1 saturated heterocycles. The molecule has 4 rings (SSSR count). The highest BCUT2D eigenvalue weighted by molar-refractivity contribution is 6.05. The number of fused-ring (bicyclic) bond motifs is 1. The van der Waals surface area contributed by atoms with E-state index in [-0.39, 0.29) is 24.1 Å². The number of carbonyl (C=O) groups is 3. The van der Waals surface area contributed by atoms with Crippen molar-refractivity contribution in [3.8, 4) is 0 Å². The van der Waals surface area contributed by atoms with Crippen molar-refractivity contribution in [2.24, 2.45) is 0 Å². The van der Waals surface area contributed by atoms with Crippen molar-refractivity contribution in [3.63, 3.8) is 0 Å². The number of rotatable bonds is 5. The first-order valence-electron chi connectivity index (χ1n) is 9.71. The third-order valence-corrected chi connectivity index (χ3v) is 5.61. The van der Waals surface area contributed by atoms with Crippen LogP contribution in [0.3, 0.4) is 0 Å².